The van der Waals surface area contributed by atoms with Crippen LogP contribution in [0, 0.1) is 11.3 Å². The van der Waals surface area contributed by atoms with Crippen LogP contribution in [0.15, 0.2) is 0 Å². The molecule has 1 aliphatic heterocycles. The van der Waals surface area contributed by atoms with Crippen LogP contribution in [0.25, 0.3) is 0 Å². The molecule has 1 saturated heterocycles. The molecule has 1 aliphatic carbocycles. The molecule has 2 aliphatic rings. The average molecular weight is 238 g/mol. The number of fused-ring (bicyclic) bond motifs is 2. The van der Waals surface area contributed by atoms with E-state index in [1.807, 2.05) is 0 Å². The minimum absolute atomic E-state index is 0.514. The maximum atomic E-state index is 3.58. The van der Waals surface area contributed by atoms with Crippen LogP contribution in [0.2, 0.25) is 0 Å². The predicted octanol–water partition coefficient (Wildman–Crippen LogP) is 2.89. The molecule has 17 heavy (non-hydrogen) atoms. The van der Waals surface area contributed by atoms with Gasteiger partial charge < -0.3 is 5.32 Å². The van der Waals surface area contributed by atoms with Gasteiger partial charge in [-0.1, -0.05) is 20.8 Å². The summed E-state index contributed by atoms with van der Waals surface area (Å²) in [6.07, 6.45) is 7.08. The second-order valence-electron chi connectivity index (χ2n) is 6.25. The summed E-state index contributed by atoms with van der Waals surface area (Å²) in [7, 11) is 0. The lowest BCUT2D eigenvalue weighted by atomic mass is 9.81. The lowest BCUT2D eigenvalue weighted by Gasteiger charge is -2.39. The van der Waals surface area contributed by atoms with Crippen molar-refractivity contribution in [1.29, 1.82) is 0 Å². The second-order valence-corrected chi connectivity index (χ2v) is 6.25. The SMILES string of the molecule is CCNCC(CC)(CC)CN1CC2CCC1C2. The molecular formula is C15H30N2. The van der Waals surface area contributed by atoms with Gasteiger partial charge in [0.05, 0.1) is 0 Å². The highest BCUT2D eigenvalue weighted by atomic mass is 15.2. The average Bonchev–Trinajstić information content (AvgIpc) is 2.96. The molecule has 2 bridgehead atoms. The minimum atomic E-state index is 0.514. The maximum Gasteiger partial charge on any atom is 0.00988 e. The molecule has 2 rings (SSSR count). The number of hydrogen-bond donors (Lipinski definition) is 1. The number of nitrogens with one attached hydrogen (secondary N) is 1. The first-order chi connectivity index (χ1) is 8.23. The quantitative estimate of drug-likeness (QED) is 0.733. The van der Waals surface area contributed by atoms with Crippen LogP contribution >= 0.6 is 0 Å². The minimum Gasteiger partial charge on any atom is -0.316 e. The molecule has 0 radical (unpaired) electrons. The van der Waals surface area contributed by atoms with E-state index in [-0.39, 0.29) is 0 Å². The van der Waals surface area contributed by atoms with Crippen molar-refractivity contribution in [3.05, 3.63) is 0 Å². The summed E-state index contributed by atoms with van der Waals surface area (Å²) in [6, 6.07) is 0.930. The molecular weight excluding hydrogens is 208 g/mol. The van der Waals surface area contributed by atoms with Crippen LogP contribution in [0.4, 0.5) is 0 Å². The fourth-order valence-electron chi connectivity index (χ4n) is 3.82. The van der Waals surface area contributed by atoms with Gasteiger partial charge in [-0.2, -0.15) is 0 Å². The van der Waals surface area contributed by atoms with Gasteiger partial charge in [0, 0.05) is 25.7 Å². The highest BCUT2D eigenvalue weighted by Crippen LogP contribution is 2.40. The summed E-state index contributed by atoms with van der Waals surface area (Å²) in [6.45, 7) is 12.0. The molecule has 1 N–H and O–H groups in total. The molecule has 0 aromatic carbocycles. The fraction of sp³-hybridized carbons (Fsp3) is 1.00. The van der Waals surface area contributed by atoms with Crippen molar-refractivity contribution >= 4 is 0 Å². The Labute approximate surface area is 107 Å². The zero-order chi connectivity index (χ0) is 12.3. The Morgan fingerprint density at radius 3 is 2.41 bits per heavy atom. The highest BCUT2D eigenvalue weighted by Gasteiger charge is 2.40. The van der Waals surface area contributed by atoms with Crippen molar-refractivity contribution in [1.82, 2.24) is 10.2 Å². The predicted molar refractivity (Wildman–Crippen MR) is 74.3 cm³/mol. The molecule has 2 nitrogen and oxygen atoms in total. The van der Waals surface area contributed by atoms with E-state index in [2.05, 4.69) is 31.0 Å². The molecule has 0 spiro atoms. The maximum absolute atomic E-state index is 3.58. The van der Waals surface area contributed by atoms with Crippen molar-refractivity contribution in [2.75, 3.05) is 26.2 Å². The van der Waals surface area contributed by atoms with Gasteiger partial charge in [-0.25, -0.2) is 0 Å². The molecule has 0 aromatic heterocycles. The first-order valence-corrected chi connectivity index (χ1v) is 7.67. The normalized spacial score (nSPS) is 29.1. The lowest BCUT2D eigenvalue weighted by Crippen LogP contribution is -2.46. The Morgan fingerprint density at radius 2 is 1.94 bits per heavy atom. The van der Waals surface area contributed by atoms with E-state index in [0.717, 1.165) is 18.5 Å². The number of likely N-dealkylation sites (tertiary alicyclic amines) is 1. The van der Waals surface area contributed by atoms with Crippen LogP contribution in [-0.4, -0.2) is 37.1 Å². The van der Waals surface area contributed by atoms with E-state index in [0.29, 0.717) is 5.41 Å². The molecule has 0 aromatic rings. The molecule has 2 fully saturated rings. The van der Waals surface area contributed by atoms with Crippen LogP contribution in [0.3, 0.4) is 0 Å². The highest BCUT2D eigenvalue weighted by molar-refractivity contribution is 4.95. The van der Waals surface area contributed by atoms with E-state index < -0.39 is 0 Å². The first-order valence-electron chi connectivity index (χ1n) is 7.67. The fourth-order valence-corrected chi connectivity index (χ4v) is 3.82. The van der Waals surface area contributed by atoms with Crippen molar-refractivity contribution in [3.63, 3.8) is 0 Å². The number of nitrogens with zero attached hydrogens (tertiary/aromatic N) is 1. The third-order valence-electron chi connectivity index (χ3n) is 5.31. The number of piperidine rings is 1. The van der Waals surface area contributed by atoms with Crippen LogP contribution in [0.5, 0.6) is 0 Å². The first kappa shape index (κ1) is 13.4. The summed E-state index contributed by atoms with van der Waals surface area (Å²) in [5, 5.41) is 3.58. The number of hydrogen-bond acceptors (Lipinski definition) is 2. The monoisotopic (exact) mass is 238 g/mol. The second kappa shape index (κ2) is 5.71. The summed E-state index contributed by atoms with van der Waals surface area (Å²) < 4.78 is 0. The van der Waals surface area contributed by atoms with Gasteiger partial charge in [0.25, 0.3) is 0 Å². The molecule has 1 saturated carbocycles. The van der Waals surface area contributed by atoms with Gasteiger partial charge in [0.15, 0.2) is 0 Å². The zero-order valence-corrected chi connectivity index (χ0v) is 12.0. The van der Waals surface area contributed by atoms with Gasteiger partial charge in [0.1, 0.15) is 0 Å². The van der Waals surface area contributed by atoms with E-state index in [1.165, 1.54) is 51.7 Å². The molecule has 2 heteroatoms. The van der Waals surface area contributed by atoms with Gasteiger partial charge >= 0.3 is 0 Å². The molecule has 1 heterocycles. The van der Waals surface area contributed by atoms with Gasteiger partial charge in [-0.3, -0.25) is 4.90 Å². The van der Waals surface area contributed by atoms with Crippen LogP contribution in [0.1, 0.15) is 52.9 Å². The lowest BCUT2D eigenvalue weighted by molar-refractivity contribution is 0.109. The molecule has 0 amide bonds. The van der Waals surface area contributed by atoms with Gasteiger partial charge in [0.2, 0.25) is 0 Å². The molecule has 2 unspecified atom stereocenters. The Balaban J connectivity index is 1.92. The molecule has 100 valence electrons. The zero-order valence-electron chi connectivity index (χ0n) is 12.0. The Kier molecular flexibility index (Phi) is 4.48. The van der Waals surface area contributed by atoms with Gasteiger partial charge in [-0.05, 0) is 50.0 Å². The third-order valence-corrected chi connectivity index (χ3v) is 5.31. The Hall–Kier alpha value is -0.0800. The van der Waals surface area contributed by atoms with E-state index in [4.69, 9.17) is 0 Å². The largest absolute Gasteiger partial charge is 0.316 e. The summed E-state index contributed by atoms with van der Waals surface area (Å²) in [5.74, 6) is 1.03. The molecule has 2 atom stereocenters. The van der Waals surface area contributed by atoms with Crippen molar-refractivity contribution in [2.24, 2.45) is 11.3 Å². The standard InChI is InChI=1S/C15H30N2/c1-4-15(5-2,11-16-6-3)12-17-10-13-7-8-14(17)9-13/h13-14,16H,4-12H2,1-3H3. The number of rotatable bonds is 7. The van der Waals surface area contributed by atoms with E-state index >= 15 is 0 Å². The van der Waals surface area contributed by atoms with E-state index in [1.54, 1.807) is 0 Å². The topological polar surface area (TPSA) is 15.3 Å². The summed E-state index contributed by atoms with van der Waals surface area (Å²) in [5.41, 5.74) is 0.514. The Bertz CT molecular complexity index is 235. The van der Waals surface area contributed by atoms with Crippen molar-refractivity contribution < 1.29 is 0 Å². The smallest absolute Gasteiger partial charge is 0.00988 e. The summed E-state index contributed by atoms with van der Waals surface area (Å²) in [4.78, 5) is 2.80. The van der Waals surface area contributed by atoms with Crippen LogP contribution in [-0.2, 0) is 0 Å². The Morgan fingerprint density at radius 1 is 1.18 bits per heavy atom. The van der Waals surface area contributed by atoms with Crippen LogP contribution < -0.4 is 5.32 Å². The van der Waals surface area contributed by atoms with E-state index in [9.17, 15) is 0 Å². The summed E-state index contributed by atoms with van der Waals surface area (Å²) >= 11 is 0. The third kappa shape index (κ3) is 2.85. The van der Waals surface area contributed by atoms with Crippen molar-refractivity contribution in [3.8, 4) is 0 Å². The van der Waals surface area contributed by atoms with Gasteiger partial charge in [-0.15, -0.1) is 0 Å². The van der Waals surface area contributed by atoms with Crippen molar-refractivity contribution in [2.45, 2.75) is 58.9 Å².